The van der Waals surface area contributed by atoms with Crippen molar-refractivity contribution in [3.63, 3.8) is 0 Å². The number of aliphatic hydroxyl groups excluding tert-OH is 1. The fraction of sp³-hybridized carbons (Fsp3) is 1.00. The van der Waals surface area contributed by atoms with Crippen LogP contribution in [0.1, 0.15) is 20.8 Å². The van der Waals surface area contributed by atoms with Gasteiger partial charge in [0.2, 0.25) is 0 Å². The van der Waals surface area contributed by atoms with Crippen molar-refractivity contribution in [3.05, 3.63) is 0 Å². The Balaban J connectivity index is 3.38. The second-order valence-corrected chi connectivity index (χ2v) is 3.62. The Bertz CT molecular complexity index is 101. The Hall–Kier alpha value is -0.160. The van der Waals surface area contributed by atoms with Gasteiger partial charge in [-0.2, -0.15) is 0 Å². The summed E-state index contributed by atoms with van der Waals surface area (Å²) in [4.78, 5) is 4.28. The quantitative estimate of drug-likeness (QED) is 0.493. The van der Waals surface area contributed by atoms with E-state index in [1.807, 2.05) is 20.8 Å². The predicted octanol–water partition coefficient (Wildman–Crippen LogP) is -0.374. The van der Waals surface area contributed by atoms with E-state index in [1.54, 1.807) is 0 Å². The summed E-state index contributed by atoms with van der Waals surface area (Å²) in [6, 6.07) is 0. The minimum absolute atomic E-state index is 0.0234. The molecule has 1 atom stereocenters. The van der Waals surface area contributed by atoms with Crippen LogP contribution in [0.15, 0.2) is 0 Å². The molecule has 0 fully saturated rings. The lowest BCUT2D eigenvalue weighted by Crippen LogP contribution is -2.42. The van der Waals surface area contributed by atoms with E-state index >= 15 is 0 Å². The Morgan fingerprint density at radius 3 is 2.45 bits per heavy atom. The van der Waals surface area contributed by atoms with Gasteiger partial charge in [-0.1, -0.05) is 0 Å². The van der Waals surface area contributed by atoms with Gasteiger partial charge in [0.1, 0.15) is 0 Å². The van der Waals surface area contributed by atoms with Gasteiger partial charge in [0.05, 0.1) is 12.7 Å². The van der Waals surface area contributed by atoms with Crippen molar-refractivity contribution in [3.8, 4) is 0 Å². The second-order valence-electron chi connectivity index (χ2n) is 3.62. The van der Waals surface area contributed by atoms with Crippen LogP contribution in [0, 0.1) is 0 Å². The lowest BCUT2D eigenvalue weighted by atomic mass is 10.1. The molecule has 0 saturated heterocycles. The SMILES string of the molecule is CC(C)(C)NCC(O)CON. The number of hydrogen-bond acceptors (Lipinski definition) is 4. The molecule has 1 unspecified atom stereocenters. The molecule has 0 saturated carbocycles. The summed E-state index contributed by atoms with van der Waals surface area (Å²) < 4.78 is 0. The molecule has 0 aliphatic heterocycles. The summed E-state index contributed by atoms with van der Waals surface area (Å²) >= 11 is 0. The van der Waals surface area contributed by atoms with E-state index in [-0.39, 0.29) is 12.1 Å². The van der Waals surface area contributed by atoms with Crippen molar-refractivity contribution in [2.45, 2.75) is 32.4 Å². The van der Waals surface area contributed by atoms with Gasteiger partial charge in [0.25, 0.3) is 0 Å². The smallest absolute Gasteiger partial charge is 0.0951 e. The number of nitrogens with two attached hydrogens (primary N) is 1. The molecule has 0 spiro atoms. The van der Waals surface area contributed by atoms with Crippen LogP contribution in [-0.4, -0.2) is 29.9 Å². The molecule has 0 bridgehead atoms. The largest absolute Gasteiger partial charge is 0.389 e. The maximum atomic E-state index is 9.14. The Morgan fingerprint density at radius 2 is 2.09 bits per heavy atom. The fourth-order valence-corrected chi connectivity index (χ4v) is 0.594. The third kappa shape index (κ3) is 7.74. The molecule has 0 rings (SSSR count). The van der Waals surface area contributed by atoms with E-state index in [2.05, 4.69) is 10.2 Å². The first-order valence-corrected chi connectivity index (χ1v) is 3.70. The maximum Gasteiger partial charge on any atom is 0.0951 e. The summed E-state index contributed by atoms with van der Waals surface area (Å²) in [6.07, 6.45) is -0.528. The highest BCUT2D eigenvalue weighted by Crippen LogP contribution is 1.97. The Kier molecular flexibility index (Phi) is 4.60. The molecule has 0 aromatic rings. The zero-order valence-corrected chi connectivity index (χ0v) is 7.42. The van der Waals surface area contributed by atoms with Crippen molar-refractivity contribution in [1.29, 1.82) is 0 Å². The van der Waals surface area contributed by atoms with Crippen molar-refractivity contribution >= 4 is 0 Å². The summed E-state index contributed by atoms with van der Waals surface area (Å²) in [5.41, 5.74) is 0.0234. The van der Waals surface area contributed by atoms with Gasteiger partial charge in [-0.15, -0.1) is 0 Å². The van der Waals surface area contributed by atoms with E-state index < -0.39 is 6.10 Å². The van der Waals surface area contributed by atoms with E-state index in [1.165, 1.54) is 0 Å². The maximum absolute atomic E-state index is 9.14. The van der Waals surface area contributed by atoms with Gasteiger partial charge in [0, 0.05) is 12.1 Å². The third-order valence-electron chi connectivity index (χ3n) is 1.16. The summed E-state index contributed by atoms with van der Waals surface area (Å²) in [5.74, 6) is 4.78. The molecular weight excluding hydrogens is 144 g/mol. The molecule has 0 aliphatic carbocycles. The third-order valence-corrected chi connectivity index (χ3v) is 1.16. The van der Waals surface area contributed by atoms with Gasteiger partial charge >= 0.3 is 0 Å². The van der Waals surface area contributed by atoms with Crippen LogP contribution >= 0.6 is 0 Å². The molecule has 68 valence electrons. The normalized spacial score (nSPS) is 15.0. The standard InChI is InChI=1S/C7H18N2O2/c1-7(2,3)9-4-6(10)5-11-8/h6,9-10H,4-5,8H2,1-3H3. The molecule has 0 radical (unpaired) electrons. The number of rotatable bonds is 4. The molecular formula is C7H18N2O2. The number of hydrogen-bond donors (Lipinski definition) is 3. The van der Waals surface area contributed by atoms with E-state index in [0.717, 1.165) is 0 Å². The van der Waals surface area contributed by atoms with Crippen molar-refractivity contribution in [2.24, 2.45) is 5.90 Å². The van der Waals surface area contributed by atoms with Crippen LogP contribution in [-0.2, 0) is 4.84 Å². The second kappa shape index (κ2) is 4.66. The van der Waals surface area contributed by atoms with E-state index in [0.29, 0.717) is 6.54 Å². The van der Waals surface area contributed by atoms with E-state index in [9.17, 15) is 0 Å². The van der Waals surface area contributed by atoms with Gasteiger partial charge in [-0.25, -0.2) is 5.90 Å². The Labute approximate surface area is 67.7 Å². The van der Waals surface area contributed by atoms with Crippen molar-refractivity contribution in [1.82, 2.24) is 5.32 Å². The molecule has 0 aromatic carbocycles. The lowest BCUT2D eigenvalue weighted by molar-refractivity contribution is 0.0339. The minimum Gasteiger partial charge on any atom is -0.389 e. The van der Waals surface area contributed by atoms with E-state index in [4.69, 9.17) is 11.0 Å². The number of nitrogens with one attached hydrogen (secondary N) is 1. The summed E-state index contributed by atoms with van der Waals surface area (Å²) in [5, 5.41) is 12.3. The predicted molar refractivity (Wildman–Crippen MR) is 43.9 cm³/mol. The van der Waals surface area contributed by atoms with Crippen LogP contribution in [0.5, 0.6) is 0 Å². The molecule has 0 aliphatic rings. The molecule has 4 nitrogen and oxygen atoms in total. The van der Waals surface area contributed by atoms with Crippen LogP contribution in [0.4, 0.5) is 0 Å². The molecule has 11 heavy (non-hydrogen) atoms. The first-order chi connectivity index (χ1) is 4.95. The van der Waals surface area contributed by atoms with Gasteiger partial charge < -0.3 is 15.3 Å². The zero-order chi connectivity index (χ0) is 8.91. The highest BCUT2D eigenvalue weighted by atomic mass is 16.6. The van der Waals surface area contributed by atoms with Crippen molar-refractivity contribution < 1.29 is 9.94 Å². The van der Waals surface area contributed by atoms with Gasteiger partial charge in [0.15, 0.2) is 0 Å². The molecule has 4 heteroatoms. The minimum atomic E-state index is -0.528. The van der Waals surface area contributed by atoms with Crippen LogP contribution < -0.4 is 11.2 Å². The lowest BCUT2D eigenvalue weighted by Gasteiger charge is -2.22. The molecule has 0 heterocycles. The summed E-state index contributed by atoms with van der Waals surface area (Å²) in [6.45, 7) is 6.76. The zero-order valence-electron chi connectivity index (χ0n) is 7.42. The molecule has 0 aromatic heterocycles. The van der Waals surface area contributed by atoms with Crippen LogP contribution in [0.25, 0.3) is 0 Å². The topological polar surface area (TPSA) is 67.5 Å². The highest BCUT2D eigenvalue weighted by molar-refractivity contribution is 4.72. The molecule has 4 N–H and O–H groups in total. The first-order valence-electron chi connectivity index (χ1n) is 3.70. The average Bonchev–Trinajstić information content (AvgIpc) is 1.83. The van der Waals surface area contributed by atoms with Crippen molar-refractivity contribution in [2.75, 3.05) is 13.2 Å². The average molecular weight is 162 g/mol. The van der Waals surface area contributed by atoms with Gasteiger partial charge in [-0.3, -0.25) is 0 Å². The first kappa shape index (κ1) is 10.8. The van der Waals surface area contributed by atoms with Gasteiger partial charge in [-0.05, 0) is 20.8 Å². The summed E-state index contributed by atoms with van der Waals surface area (Å²) in [7, 11) is 0. The number of β-amino-alcohol motifs (C(OH)–C–C–N with tert-alkyl or cyclic N) is 1. The van der Waals surface area contributed by atoms with Crippen LogP contribution in [0.2, 0.25) is 0 Å². The van der Waals surface area contributed by atoms with Crippen LogP contribution in [0.3, 0.4) is 0 Å². The fourth-order valence-electron chi connectivity index (χ4n) is 0.594. The molecule has 0 amide bonds. The Morgan fingerprint density at radius 1 is 1.55 bits per heavy atom. The monoisotopic (exact) mass is 162 g/mol. The number of aliphatic hydroxyl groups is 1. The highest BCUT2D eigenvalue weighted by Gasteiger charge is 2.11.